The number of carbonyl (C=O) groups is 3. The Hall–Kier alpha value is -1.86. The third-order valence-electron chi connectivity index (χ3n) is 2.30. The third-order valence-corrected chi connectivity index (χ3v) is 5.31. The SMILES string of the molecule is CC(=O)O[Si](OC(C)=O)(OC(C)=O)c1ccc(CCl)cc1. The maximum absolute atomic E-state index is 11.3. The number of benzene rings is 1. The highest BCUT2D eigenvalue weighted by Gasteiger charge is 2.54. The molecule has 0 unspecified atom stereocenters. The molecule has 8 heteroatoms. The zero-order chi connectivity index (χ0) is 16.0. The lowest BCUT2D eigenvalue weighted by Crippen LogP contribution is -2.59. The van der Waals surface area contributed by atoms with Gasteiger partial charge in [0.05, 0.1) is 5.19 Å². The molecule has 0 atom stereocenters. The van der Waals surface area contributed by atoms with Crippen molar-refractivity contribution in [2.45, 2.75) is 26.7 Å². The van der Waals surface area contributed by atoms with E-state index >= 15 is 0 Å². The second-order valence-electron chi connectivity index (χ2n) is 4.17. The van der Waals surface area contributed by atoms with E-state index in [0.717, 1.165) is 26.3 Å². The first-order valence-electron chi connectivity index (χ1n) is 6.03. The van der Waals surface area contributed by atoms with Gasteiger partial charge in [0.2, 0.25) is 0 Å². The number of halogens is 1. The molecule has 0 amide bonds. The maximum atomic E-state index is 11.3. The van der Waals surface area contributed by atoms with E-state index in [1.165, 1.54) is 0 Å². The molecule has 0 aliphatic heterocycles. The van der Waals surface area contributed by atoms with Gasteiger partial charge in [-0.05, 0) is 5.56 Å². The molecule has 0 N–H and O–H groups in total. The largest absolute Gasteiger partial charge is 0.742 e. The lowest BCUT2D eigenvalue weighted by Gasteiger charge is -2.26. The van der Waals surface area contributed by atoms with Gasteiger partial charge < -0.3 is 13.3 Å². The molecule has 1 aromatic rings. The molecular weight excluding hydrogens is 316 g/mol. The van der Waals surface area contributed by atoms with Gasteiger partial charge in [-0.25, -0.2) is 0 Å². The van der Waals surface area contributed by atoms with Gasteiger partial charge >= 0.3 is 8.80 Å². The van der Waals surface area contributed by atoms with E-state index in [4.69, 9.17) is 24.9 Å². The van der Waals surface area contributed by atoms with Crippen molar-refractivity contribution in [3.8, 4) is 0 Å². The molecular formula is C13H15ClO6Si. The van der Waals surface area contributed by atoms with Crippen molar-refractivity contribution in [1.29, 1.82) is 0 Å². The summed E-state index contributed by atoms with van der Waals surface area (Å²) in [7, 11) is -3.99. The van der Waals surface area contributed by atoms with Crippen LogP contribution in [0.1, 0.15) is 26.3 Å². The van der Waals surface area contributed by atoms with Gasteiger partial charge in [-0.15, -0.1) is 11.6 Å². The average molecular weight is 331 g/mol. The Balaban J connectivity index is 3.32. The molecule has 0 radical (unpaired) electrons. The van der Waals surface area contributed by atoms with E-state index in [2.05, 4.69) is 0 Å². The van der Waals surface area contributed by atoms with E-state index in [0.29, 0.717) is 11.1 Å². The summed E-state index contributed by atoms with van der Waals surface area (Å²) in [5.41, 5.74) is 0.816. The van der Waals surface area contributed by atoms with Crippen LogP contribution in [-0.2, 0) is 33.5 Å². The zero-order valence-electron chi connectivity index (χ0n) is 11.8. The van der Waals surface area contributed by atoms with E-state index < -0.39 is 26.7 Å². The topological polar surface area (TPSA) is 78.9 Å². The van der Waals surface area contributed by atoms with Crippen LogP contribution in [0.4, 0.5) is 0 Å². The number of carbonyl (C=O) groups excluding carboxylic acids is 3. The van der Waals surface area contributed by atoms with Gasteiger partial charge in [-0.2, -0.15) is 0 Å². The molecule has 0 heterocycles. The van der Waals surface area contributed by atoms with Crippen molar-refractivity contribution in [1.82, 2.24) is 0 Å². The van der Waals surface area contributed by atoms with E-state index in [9.17, 15) is 14.4 Å². The highest BCUT2D eigenvalue weighted by atomic mass is 35.5. The molecule has 0 spiro atoms. The summed E-state index contributed by atoms with van der Waals surface area (Å²) < 4.78 is 15.3. The number of hydrogen-bond donors (Lipinski definition) is 0. The van der Waals surface area contributed by atoms with Gasteiger partial charge in [0.1, 0.15) is 0 Å². The minimum absolute atomic E-state index is 0.295. The fourth-order valence-corrected chi connectivity index (χ4v) is 3.97. The van der Waals surface area contributed by atoms with Crippen LogP contribution in [0.25, 0.3) is 0 Å². The van der Waals surface area contributed by atoms with Crippen LogP contribution in [0.5, 0.6) is 0 Å². The maximum Gasteiger partial charge on any atom is 0.742 e. The van der Waals surface area contributed by atoms with E-state index in [-0.39, 0.29) is 0 Å². The monoisotopic (exact) mass is 330 g/mol. The molecule has 0 aromatic heterocycles. The first kappa shape index (κ1) is 17.2. The Morgan fingerprint density at radius 3 is 1.57 bits per heavy atom. The molecule has 114 valence electrons. The first-order chi connectivity index (χ1) is 9.79. The standard InChI is InChI=1S/C13H15ClO6Si/c1-9(15)18-21(19-10(2)16,20-11(3)17)13-6-4-12(8-14)5-7-13/h4-7H,8H2,1-3H3. The van der Waals surface area contributed by atoms with Gasteiger partial charge in [0.25, 0.3) is 17.9 Å². The fraction of sp³-hybridized carbons (Fsp3) is 0.308. The lowest BCUT2D eigenvalue weighted by molar-refractivity contribution is -0.146. The van der Waals surface area contributed by atoms with Crippen LogP contribution in [0, 0.1) is 0 Å². The second kappa shape index (κ2) is 7.23. The molecule has 21 heavy (non-hydrogen) atoms. The van der Waals surface area contributed by atoms with Gasteiger partial charge in [-0.3, -0.25) is 14.4 Å². The Morgan fingerprint density at radius 2 is 1.29 bits per heavy atom. The highest BCUT2D eigenvalue weighted by molar-refractivity contribution is 6.79. The summed E-state index contributed by atoms with van der Waals surface area (Å²) >= 11 is 5.70. The number of alkyl halides is 1. The minimum atomic E-state index is -3.99. The molecule has 0 saturated heterocycles. The highest BCUT2D eigenvalue weighted by Crippen LogP contribution is 2.14. The van der Waals surface area contributed by atoms with Crippen molar-refractivity contribution >= 4 is 43.5 Å². The predicted octanol–water partition coefficient (Wildman–Crippen LogP) is 1.26. The lowest BCUT2D eigenvalue weighted by atomic mass is 10.2. The smallest absolute Gasteiger partial charge is 0.452 e. The quantitative estimate of drug-likeness (QED) is 0.597. The number of rotatable bonds is 5. The Kier molecular flexibility index (Phi) is 5.92. The second-order valence-corrected chi connectivity index (χ2v) is 6.74. The molecule has 6 nitrogen and oxygen atoms in total. The molecule has 0 aliphatic carbocycles. The zero-order valence-corrected chi connectivity index (χ0v) is 13.6. The summed E-state index contributed by atoms with van der Waals surface area (Å²) in [6.07, 6.45) is 0. The van der Waals surface area contributed by atoms with Crippen LogP contribution in [-0.4, -0.2) is 26.7 Å². The van der Waals surface area contributed by atoms with Gasteiger partial charge in [-0.1, -0.05) is 24.3 Å². The van der Waals surface area contributed by atoms with Crippen LogP contribution in [0.15, 0.2) is 24.3 Å². The van der Waals surface area contributed by atoms with Crippen molar-refractivity contribution in [2.24, 2.45) is 0 Å². The normalized spacial score (nSPS) is 10.7. The molecule has 0 aliphatic rings. The summed E-state index contributed by atoms with van der Waals surface area (Å²) in [5, 5.41) is 0.317. The van der Waals surface area contributed by atoms with Gasteiger partial charge in [0.15, 0.2) is 0 Å². The Morgan fingerprint density at radius 1 is 0.905 bits per heavy atom. The van der Waals surface area contributed by atoms with E-state index in [1.54, 1.807) is 24.3 Å². The Labute approximate surface area is 128 Å². The van der Waals surface area contributed by atoms with Crippen molar-refractivity contribution in [3.63, 3.8) is 0 Å². The summed E-state index contributed by atoms with van der Waals surface area (Å²) in [6.45, 7) is 3.42. The van der Waals surface area contributed by atoms with Gasteiger partial charge in [0, 0.05) is 26.7 Å². The summed E-state index contributed by atoms with van der Waals surface area (Å²) in [6, 6.07) is 6.44. The average Bonchev–Trinajstić information content (AvgIpc) is 2.36. The number of hydrogen-bond acceptors (Lipinski definition) is 6. The van der Waals surface area contributed by atoms with Crippen molar-refractivity contribution < 1.29 is 27.7 Å². The third kappa shape index (κ3) is 4.87. The minimum Gasteiger partial charge on any atom is -0.452 e. The molecule has 0 bridgehead atoms. The van der Waals surface area contributed by atoms with Crippen molar-refractivity contribution in [3.05, 3.63) is 29.8 Å². The Bertz CT molecular complexity index is 501. The summed E-state index contributed by atoms with van der Waals surface area (Å²) in [5.74, 6) is -1.86. The van der Waals surface area contributed by atoms with E-state index in [1.807, 2.05) is 0 Å². The molecule has 1 aromatic carbocycles. The van der Waals surface area contributed by atoms with Crippen LogP contribution >= 0.6 is 11.6 Å². The molecule has 0 fully saturated rings. The predicted molar refractivity (Wildman–Crippen MR) is 76.7 cm³/mol. The molecule has 1 rings (SSSR count). The first-order valence-corrected chi connectivity index (χ1v) is 8.29. The molecule has 0 saturated carbocycles. The van der Waals surface area contributed by atoms with Crippen LogP contribution in [0.3, 0.4) is 0 Å². The van der Waals surface area contributed by atoms with Crippen LogP contribution < -0.4 is 5.19 Å². The van der Waals surface area contributed by atoms with Crippen LogP contribution in [0.2, 0.25) is 0 Å². The van der Waals surface area contributed by atoms with Crippen molar-refractivity contribution in [2.75, 3.05) is 0 Å². The fourth-order valence-electron chi connectivity index (χ4n) is 1.60. The summed E-state index contributed by atoms with van der Waals surface area (Å²) in [4.78, 5) is 34.0.